The highest BCUT2D eigenvalue weighted by Crippen LogP contribution is 2.34. The summed E-state index contributed by atoms with van der Waals surface area (Å²) in [5.41, 5.74) is -0.387. The van der Waals surface area contributed by atoms with E-state index < -0.39 is 41.1 Å². The van der Waals surface area contributed by atoms with Crippen LogP contribution in [-0.4, -0.2) is 52.0 Å². The number of aromatic amines is 1. The van der Waals surface area contributed by atoms with Crippen LogP contribution in [0.1, 0.15) is 52.7 Å². The van der Waals surface area contributed by atoms with E-state index in [2.05, 4.69) is 4.98 Å². The van der Waals surface area contributed by atoms with Crippen LogP contribution in [0, 0.1) is 0 Å². The highest BCUT2D eigenvalue weighted by molar-refractivity contribution is 7.17. The quantitative estimate of drug-likeness (QED) is 0.155. The molecule has 4 rings (SSSR count). The number of fused-ring (bicyclic) bond motifs is 2. The number of carbonyl (C=O) groups is 3. The molecule has 46 heavy (non-hydrogen) atoms. The molecule has 0 bridgehead atoms. The van der Waals surface area contributed by atoms with E-state index in [1.807, 2.05) is 5.32 Å². The van der Waals surface area contributed by atoms with Crippen LogP contribution in [0.15, 0.2) is 52.6 Å². The van der Waals surface area contributed by atoms with E-state index in [9.17, 15) is 32.3 Å². The first-order valence-corrected chi connectivity index (χ1v) is 15.1. The molecular weight excluding hydrogens is 627 g/mol. The minimum Gasteiger partial charge on any atom is -0.444 e. The third-order valence-electron chi connectivity index (χ3n) is 6.41. The van der Waals surface area contributed by atoms with Gasteiger partial charge in [0.05, 0.1) is 15.9 Å². The highest BCUT2D eigenvalue weighted by Gasteiger charge is 2.39. The topological polar surface area (TPSA) is 127 Å². The summed E-state index contributed by atoms with van der Waals surface area (Å²) in [6.07, 6.45) is -6.31. The molecule has 2 heterocycles. The van der Waals surface area contributed by atoms with Crippen LogP contribution in [0.5, 0.6) is 5.75 Å². The minimum absolute atomic E-state index is 0.00838. The van der Waals surface area contributed by atoms with Crippen molar-refractivity contribution in [2.24, 2.45) is 0 Å². The number of anilines is 1. The van der Waals surface area contributed by atoms with Crippen molar-refractivity contribution in [2.45, 2.75) is 71.9 Å². The molecule has 4 aromatic rings. The molecule has 0 aliphatic heterocycles. The third kappa shape index (κ3) is 8.77. The van der Waals surface area contributed by atoms with Crippen LogP contribution in [-0.2, 0) is 27.2 Å². The number of rotatable bonds is 7. The van der Waals surface area contributed by atoms with Crippen LogP contribution >= 0.6 is 11.3 Å². The maximum Gasteiger partial charge on any atom is 0.514 e. The molecule has 2 aromatic carbocycles. The monoisotopic (exact) mass is 661 g/mol. The zero-order valence-corrected chi connectivity index (χ0v) is 26.9. The first kappa shape index (κ1) is 34.3. The zero-order valence-electron chi connectivity index (χ0n) is 26.1. The lowest BCUT2D eigenvalue weighted by atomic mass is 10.0. The van der Waals surface area contributed by atoms with Gasteiger partial charge in [-0.3, -0.25) is 9.59 Å². The molecule has 2 aromatic heterocycles. The molecule has 0 unspecified atom stereocenters. The number of pyridine rings is 1. The van der Waals surface area contributed by atoms with Crippen LogP contribution in [0.4, 0.5) is 28.4 Å². The van der Waals surface area contributed by atoms with Gasteiger partial charge in [-0.05, 0) is 94.1 Å². The molecular formula is C32H34F3N3O7S. The lowest BCUT2D eigenvalue weighted by Crippen LogP contribution is -2.37. The van der Waals surface area contributed by atoms with Gasteiger partial charge in [-0.25, -0.2) is 9.59 Å². The van der Waals surface area contributed by atoms with Gasteiger partial charge in [0.15, 0.2) is 5.75 Å². The van der Waals surface area contributed by atoms with Crippen molar-refractivity contribution in [1.82, 2.24) is 9.88 Å². The smallest absolute Gasteiger partial charge is 0.444 e. The minimum atomic E-state index is -5.05. The van der Waals surface area contributed by atoms with E-state index in [-0.39, 0.29) is 30.0 Å². The van der Waals surface area contributed by atoms with E-state index in [4.69, 9.17) is 14.2 Å². The van der Waals surface area contributed by atoms with Gasteiger partial charge in [0.2, 0.25) is 5.56 Å². The number of carbonyl (C=O) groups excluding carboxylic acids is 3. The fourth-order valence-corrected chi connectivity index (χ4v) is 5.43. The van der Waals surface area contributed by atoms with Gasteiger partial charge in [-0.15, -0.1) is 11.3 Å². The molecule has 0 radical (unpaired) electrons. The molecule has 10 nitrogen and oxygen atoms in total. The second-order valence-electron chi connectivity index (χ2n) is 12.4. The van der Waals surface area contributed by atoms with Crippen LogP contribution in [0.25, 0.3) is 21.0 Å². The fourth-order valence-electron chi connectivity index (χ4n) is 4.52. The summed E-state index contributed by atoms with van der Waals surface area (Å²) in [7, 11) is 0. The van der Waals surface area contributed by atoms with E-state index in [1.165, 1.54) is 23.1 Å². The Morgan fingerprint density at radius 3 is 2.20 bits per heavy atom. The number of H-pyrrole nitrogens is 1. The van der Waals surface area contributed by atoms with Crippen molar-refractivity contribution in [3.8, 4) is 5.75 Å². The van der Waals surface area contributed by atoms with Crippen molar-refractivity contribution in [1.29, 1.82) is 0 Å². The Kier molecular flexibility index (Phi) is 9.71. The van der Waals surface area contributed by atoms with Crippen molar-refractivity contribution < 1.29 is 41.8 Å². The number of halogens is 3. The Morgan fingerprint density at radius 1 is 0.870 bits per heavy atom. The molecule has 0 atom stereocenters. The van der Waals surface area contributed by atoms with Gasteiger partial charge in [-0.2, -0.15) is 13.2 Å². The number of thiophene rings is 1. The molecule has 2 N–H and O–H groups in total. The highest BCUT2D eigenvalue weighted by atomic mass is 32.1. The summed E-state index contributed by atoms with van der Waals surface area (Å²) in [5.74, 6) is -1.99. The Hall–Kier alpha value is -4.59. The third-order valence-corrected chi connectivity index (χ3v) is 7.35. The average Bonchev–Trinajstić information content (AvgIpc) is 3.41. The predicted molar refractivity (Wildman–Crippen MR) is 168 cm³/mol. The standard InChI is InChI=1S/C32H34F3N3O7S/c1-30(2,3)44-28(41)38(17-19-7-10-22(26-21(19)14-16-46-26)36-27(40)32(33,34)35)15-13-18-8-11-23(43-29(42)45-31(4,5)6)25-20(18)9-12-24(39)37-25/h7-12,14,16H,13,15,17H2,1-6H3,(H,36,40)(H,37,39). The Morgan fingerprint density at radius 2 is 1.54 bits per heavy atom. The molecule has 14 heteroatoms. The number of hydrogen-bond donors (Lipinski definition) is 2. The van der Waals surface area contributed by atoms with Crippen molar-refractivity contribution in [2.75, 3.05) is 11.9 Å². The van der Waals surface area contributed by atoms with Gasteiger partial charge in [0, 0.05) is 24.5 Å². The molecule has 0 spiro atoms. The number of benzene rings is 2. The normalized spacial score (nSPS) is 12.2. The Balaban J connectivity index is 1.64. The van der Waals surface area contributed by atoms with Gasteiger partial charge >= 0.3 is 24.3 Å². The summed E-state index contributed by atoms with van der Waals surface area (Å²) in [4.78, 5) is 53.7. The lowest BCUT2D eigenvalue weighted by Gasteiger charge is -2.28. The number of ether oxygens (including phenoxy) is 3. The summed E-state index contributed by atoms with van der Waals surface area (Å²) in [6.45, 7) is 10.5. The summed E-state index contributed by atoms with van der Waals surface area (Å²) in [6, 6.07) is 10.8. The van der Waals surface area contributed by atoms with E-state index in [0.717, 1.165) is 16.9 Å². The van der Waals surface area contributed by atoms with Crippen molar-refractivity contribution >= 4 is 56.2 Å². The second-order valence-corrected chi connectivity index (χ2v) is 13.4. The maximum absolute atomic E-state index is 13.4. The molecule has 246 valence electrons. The largest absolute Gasteiger partial charge is 0.514 e. The number of alkyl halides is 3. The molecule has 0 aliphatic rings. The lowest BCUT2D eigenvalue weighted by molar-refractivity contribution is -0.167. The number of nitrogens with zero attached hydrogens (tertiary/aromatic N) is 1. The number of amides is 2. The average molecular weight is 662 g/mol. The molecule has 0 saturated heterocycles. The molecule has 0 aliphatic carbocycles. The Labute approximate surface area is 266 Å². The van der Waals surface area contributed by atoms with Crippen LogP contribution in [0.3, 0.4) is 0 Å². The van der Waals surface area contributed by atoms with E-state index >= 15 is 0 Å². The molecule has 2 amide bonds. The maximum atomic E-state index is 13.4. The molecule has 0 fully saturated rings. The summed E-state index contributed by atoms with van der Waals surface area (Å²) < 4.78 is 55.4. The number of nitrogens with one attached hydrogen (secondary N) is 2. The first-order chi connectivity index (χ1) is 21.3. The number of hydrogen-bond acceptors (Lipinski definition) is 8. The van der Waals surface area contributed by atoms with Gasteiger partial charge in [0.25, 0.3) is 0 Å². The van der Waals surface area contributed by atoms with Crippen molar-refractivity contribution in [3.05, 3.63) is 69.3 Å². The van der Waals surface area contributed by atoms with E-state index in [1.54, 1.807) is 71.2 Å². The fraction of sp³-hybridized carbons (Fsp3) is 0.375. The van der Waals surface area contributed by atoms with Crippen LogP contribution in [0.2, 0.25) is 0 Å². The molecule has 0 saturated carbocycles. The van der Waals surface area contributed by atoms with Crippen molar-refractivity contribution in [3.63, 3.8) is 0 Å². The van der Waals surface area contributed by atoms with E-state index in [0.29, 0.717) is 27.5 Å². The number of aromatic nitrogens is 1. The summed E-state index contributed by atoms with van der Waals surface area (Å²) in [5, 5.41) is 4.75. The second kappa shape index (κ2) is 13.0. The Bertz CT molecular complexity index is 1840. The first-order valence-electron chi connectivity index (χ1n) is 14.2. The predicted octanol–water partition coefficient (Wildman–Crippen LogP) is 7.54. The zero-order chi connectivity index (χ0) is 34.0. The summed E-state index contributed by atoms with van der Waals surface area (Å²) >= 11 is 1.16. The van der Waals surface area contributed by atoms with Gasteiger partial charge in [-0.1, -0.05) is 12.1 Å². The SMILES string of the molecule is CC(C)(C)OC(=O)Oc1ccc(CCN(Cc2ccc(NC(=O)C(F)(F)F)c3sccc23)C(=O)OC(C)(C)C)c2ccc(=O)[nH]c12. The van der Waals surface area contributed by atoms with Gasteiger partial charge < -0.3 is 29.4 Å². The van der Waals surface area contributed by atoms with Crippen LogP contribution < -0.4 is 15.6 Å². The van der Waals surface area contributed by atoms with Gasteiger partial charge in [0.1, 0.15) is 11.2 Å².